The van der Waals surface area contributed by atoms with Gasteiger partial charge in [0.1, 0.15) is 0 Å². The van der Waals surface area contributed by atoms with E-state index in [1.54, 1.807) is 0 Å². The van der Waals surface area contributed by atoms with E-state index >= 15 is 0 Å². The van der Waals surface area contributed by atoms with E-state index in [1.807, 2.05) is 0 Å². The zero-order valence-electron chi connectivity index (χ0n) is 13.5. The summed E-state index contributed by atoms with van der Waals surface area (Å²) >= 11 is 0. The summed E-state index contributed by atoms with van der Waals surface area (Å²) in [6.45, 7) is 5.26. The van der Waals surface area contributed by atoms with Crippen molar-refractivity contribution in [2.45, 2.75) is 84.0 Å². The van der Waals surface area contributed by atoms with E-state index in [0.717, 1.165) is 57.1 Å². The summed E-state index contributed by atoms with van der Waals surface area (Å²) in [5.41, 5.74) is 2.55. The van der Waals surface area contributed by atoms with Crippen molar-refractivity contribution in [1.82, 2.24) is 0 Å². The van der Waals surface area contributed by atoms with Crippen molar-refractivity contribution < 1.29 is 14.3 Å². The lowest BCUT2D eigenvalue weighted by Crippen LogP contribution is -2.45. The fraction of sp³-hybridized carbons (Fsp3) is 0.833. The normalized spacial score (nSPS) is 37.5. The number of carbonyl (C=O) groups excluding carboxylic acids is 1. The zero-order valence-corrected chi connectivity index (χ0v) is 13.5. The molecule has 118 valence electrons. The van der Waals surface area contributed by atoms with Crippen LogP contribution in [0.1, 0.15) is 71.6 Å². The van der Waals surface area contributed by atoms with Crippen LogP contribution in [0.5, 0.6) is 0 Å². The Bertz CT molecular complexity index is 434. The van der Waals surface area contributed by atoms with E-state index in [0.29, 0.717) is 12.2 Å². The number of rotatable bonds is 3. The van der Waals surface area contributed by atoms with Crippen LogP contribution in [0.3, 0.4) is 0 Å². The first-order valence-electron chi connectivity index (χ1n) is 8.68. The van der Waals surface area contributed by atoms with Crippen molar-refractivity contribution in [1.29, 1.82) is 0 Å². The third-order valence-corrected chi connectivity index (χ3v) is 5.67. The molecule has 0 spiro atoms. The first-order valence-corrected chi connectivity index (χ1v) is 8.68. The Labute approximate surface area is 128 Å². The topological polar surface area (TPSA) is 35.5 Å². The fourth-order valence-corrected chi connectivity index (χ4v) is 4.39. The maximum absolute atomic E-state index is 12.2. The summed E-state index contributed by atoms with van der Waals surface area (Å²) in [5, 5.41) is 0. The van der Waals surface area contributed by atoms with E-state index < -0.39 is 0 Å². The number of Topliss-reactive ketones (excluding diaryl/α,β-unsaturated/α-hetero) is 1. The zero-order chi connectivity index (χ0) is 14.9. The lowest BCUT2D eigenvalue weighted by molar-refractivity contribution is -0.212. The highest BCUT2D eigenvalue weighted by Crippen LogP contribution is 2.50. The third-order valence-electron chi connectivity index (χ3n) is 5.67. The van der Waals surface area contributed by atoms with Crippen LogP contribution in [0.25, 0.3) is 0 Å². The molecule has 0 aromatic rings. The Morgan fingerprint density at radius 3 is 2.81 bits per heavy atom. The van der Waals surface area contributed by atoms with Crippen LogP contribution >= 0.6 is 0 Å². The summed E-state index contributed by atoms with van der Waals surface area (Å²) in [5.74, 6) is 0.375. The molecule has 0 radical (unpaired) electrons. The summed E-state index contributed by atoms with van der Waals surface area (Å²) < 4.78 is 12.1. The predicted molar refractivity (Wildman–Crippen MR) is 82.0 cm³/mol. The maximum atomic E-state index is 12.2. The van der Waals surface area contributed by atoms with Crippen molar-refractivity contribution in [3.8, 4) is 0 Å². The lowest BCUT2D eigenvalue weighted by atomic mass is 9.61. The highest BCUT2D eigenvalue weighted by Gasteiger charge is 2.46. The highest BCUT2D eigenvalue weighted by molar-refractivity contribution is 5.97. The van der Waals surface area contributed by atoms with Crippen LogP contribution < -0.4 is 0 Å². The van der Waals surface area contributed by atoms with E-state index in [9.17, 15) is 4.79 Å². The van der Waals surface area contributed by atoms with Gasteiger partial charge in [-0.3, -0.25) is 4.79 Å². The van der Waals surface area contributed by atoms with Gasteiger partial charge in [-0.25, -0.2) is 0 Å². The maximum Gasteiger partial charge on any atom is 0.158 e. The Kier molecular flexibility index (Phi) is 4.51. The number of fused-ring (bicyclic) bond motifs is 1. The quantitative estimate of drug-likeness (QED) is 0.783. The Balaban J connectivity index is 1.82. The Morgan fingerprint density at radius 1 is 1.24 bits per heavy atom. The van der Waals surface area contributed by atoms with Crippen LogP contribution in [0.2, 0.25) is 0 Å². The van der Waals surface area contributed by atoms with Crippen molar-refractivity contribution in [3.63, 3.8) is 0 Å². The minimum atomic E-state index is -0.0253. The van der Waals surface area contributed by atoms with Crippen LogP contribution in [0.15, 0.2) is 11.1 Å². The van der Waals surface area contributed by atoms with Gasteiger partial charge in [-0.05, 0) is 56.9 Å². The largest absolute Gasteiger partial charge is 0.353 e. The van der Waals surface area contributed by atoms with Crippen LogP contribution in [-0.4, -0.2) is 24.8 Å². The van der Waals surface area contributed by atoms with Gasteiger partial charge >= 0.3 is 0 Å². The second kappa shape index (κ2) is 6.21. The summed E-state index contributed by atoms with van der Waals surface area (Å²) in [4.78, 5) is 12.2. The third kappa shape index (κ3) is 2.83. The number of carbonyl (C=O) groups is 1. The molecule has 1 saturated heterocycles. The molecule has 3 aliphatic rings. The van der Waals surface area contributed by atoms with Crippen LogP contribution in [0.4, 0.5) is 0 Å². The smallest absolute Gasteiger partial charge is 0.158 e. The molecule has 1 saturated carbocycles. The van der Waals surface area contributed by atoms with Crippen LogP contribution in [-0.2, 0) is 14.3 Å². The molecule has 3 unspecified atom stereocenters. The van der Waals surface area contributed by atoms with Gasteiger partial charge in [0.25, 0.3) is 0 Å². The molecule has 0 aromatic heterocycles. The van der Waals surface area contributed by atoms with E-state index in [2.05, 4.69) is 13.8 Å². The van der Waals surface area contributed by atoms with E-state index in [4.69, 9.17) is 9.47 Å². The predicted octanol–water partition coefficient (Wildman–Crippen LogP) is 4.16. The number of hydrogen-bond donors (Lipinski definition) is 0. The molecule has 3 rings (SSSR count). The van der Waals surface area contributed by atoms with Gasteiger partial charge in [-0.1, -0.05) is 19.4 Å². The first kappa shape index (κ1) is 15.2. The second-order valence-corrected chi connectivity index (χ2v) is 6.96. The van der Waals surface area contributed by atoms with Crippen molar-refractivity contribution in [2.24, 2.45) is 5.41 Å². The molecule has 0 N–H and O–H groups in total. The molecule has 3 nitrogen and oxygen atoms in total. The molecular weight excluding hydrogens is 264 g/mol. The first-order chi connectivity index (χ1) is 10.1. The van der Waals surface area contributed by atoms with Gasteiger partial charge in [-0.2, -0.15) is 0 Å². The summed E-state index contributed by atoms with van der Waals surface area (Å²) in [6, 6.07) is 0. The number of ketones is 1. The fourth-order valence-electron chi connectivity index (χ4n) is 4.39. The molecule has 0 bridgehead atoms. The monoisotopic (exact) mass is 292 g/mol. The van der Waals surface area contributed by atoms with Crippen LogP contribution in [0, 0.1) is 5.41 Å². The van der Waals surface area contributed by atoms with Gasteiger partial charge in [0.15, 0.2) is 12.1 Å². The van der Waals surface area contributed by atoms with Gasteiger partial charge in [0, 0.05) is 18.4 Å². The molecule has 1 heterocycles. The van der Waals surface area contributed by atoms with E-state index in [1.165, 1.54) is 12.0 Å². The molecular formula is C18H28O3. The van der Waals surface area contributed by atoms with Gasteiger partial charge in [-0.15, -0.1) is 0 Å². The minimum absolute atomic E-state index is 0.0253. The van der Waals surface area contributed by atoms with Crippen molar-refractivity contribution in [3.05, 3.63) is 11.1 Å². The average Bonchev–Trinajstić information content (AvgIpc) is 2.50. The molecule has 2 fully saturated rings. The number of ether oxygens (including phenoxy) is 2. The molecule has 21 heavy (non-hydrogen) atoms. The van der Waals surface area contributed by atoms with Gasteiger partial charge in [0.2, 0.25) is 0 Å². The standard InChI is InChI=1S/C18H28O3/c1-3-13-14-7-6-8-16(18(14,2)11-10-15(13)19)21-17-9-4-5-12-20-17/h16-17H,3-12H2,1-2H3. The molecule has 0 aromatic carbocycles. The molecule has 2 aliphatic carbocycles. The second-order valence-electron chi connectivity index (χ2n) is 6.96. The SMILES string of the molecule is CCC1=C2CCCC(OC3CCCCO3)C2(C)CCC1=O. The highest BCUT2D eigenvalue weighted by atomic mass is 16.7. The van der Waals surface area contributed by atoms with E-state index in [-0.39, 0.29) is 17.8 Å². The van der Waals surface area contributed by atoms with Gasteiger partial charge in [0.05, 0.1) is 6.10 Å². The number of hydrogen-bond acceptors (Lipinski definition) is 3. The Hall–Kier alpha value is -0.670. The Morgan fingerprint density at radius 2 is 2.10 bits per heavy atom. The minimum Gasteiger partial charge on any atom is -0.353 e. The van der Waals surface area contributed by atoms with Crippen molar-refractivity contribution >= 4 is 5.78 Å². The number of allylic oxidation sites excluding steroid dienone is 1. The van der Waals surface area contributed by atoms with Crippen molar-refractivity contribution in [2.75, 3.05) is 6.61 Å². The molecule has 0 amide bonds. The summed E-state index contributed by atoms with van der Waals surface area (Å²) in [7, 11) is 0. The summed E-state index contributed by atoms with van der Waals surface area (Å²) in [6.07, 6.45) is 9.40. The molecule has 3 heteroatoms. The van der Waals surface area contributed by atoms with Gasteiger partial charge < -0.3 is 9.47 Å². The lowest BCUT2D eigenvalue weighted by Gasteiger charge is -2.47. The average molecular weight is 292 g/mol. The molecule has 3 atom stereocenters. The molecule has 1 aliphatic heterocycles.